The van der Waals surface area contributed by atoms with Crippen molar-refractivity contribution >= 4 is 17.3 Å². The van der Waals surface area contributed by atoms with Gasteiger partial charge < -0.3 is 15.0 Å². The van der Waals surface area contributed by atoms with E-state index in [2.05, 4.69) is 17.3 Å². The molecule has 1 N–H and O–H groups in total. The third-order valence-electron chi connectivity index (χ3n) is 2.53. The second-order valence-corrected chi connectivity index (χ2v) is 3.81. The van der Waals surface area contributed by atoms with Gasteiger partial charge >= 0.3 is 0 Å². The maximum Gasteiger partial charge on any atom is 0.169 e. The quantitative estimate of drug-likeness (QED) is 0.543. The zero-order chi connectivity index (χ0) is 9.68. The molecule has 0 radical (unpaired) electrons. The molecule has 0 unspecified atom stereocenters. The molecule has 1 aliphatic carbocycles. The Hall–Kier alpha value is -0.350. The van der Waals surface area contributed by atoms with Gasteiger partial charge in [-0.1, -0.05) is 0 Å². The van der Waals surface area contributed by atoms with E-state index in [4.69, 9.17) is 17.0 Å². The van der Waals surface area contributed by atoms with Gasteiger partial charge in [-0.05, 0) is 31.5 Å². The number of rotatable bonds is 4. The number of thiocarbonyl (C=S) groups is 1. The van der Waals surface area contributed by atoms with Crippen LogP contribution in [0.4, 0.5) is 0 Å². The second kappa shape index (κ2) is 5.40. The van der Waals surface area contributed by atoms with Gasteiger partial charge in [-0.15, -0.1) is 0 Å². The Balaban J connectivity index is 2.13. The van der Waals surface area contributed by atoms with Crippen LogP contribution in [0.1, 0.15) is 19.3 Å². The van der Waals surface area contributed by atoms with E-state index < -0.39 is 0 Å². The molecular weight excluding hydrogens is 184 g/mol. The maximum atomic E-state index is 5.23. The molecule has 0 aromatic carbocycles. The van der Waals surface area contributed by atoms with Crippen molar-refractivity contribution in [3.63, 3.8) is 0 Å². The van der Waals surface area contributed by atoms with Gasteiger partial charge in [0.05, 0.1) is 6.61 Å². The minimum atomic E-state index is 0.669. The molecule has 4 heteroatoms. The van der Waals surface area contributed by atoms with Crippen molar-refractivity contribution in [3.8, 4) is 0 Å². The van der Waals surface area contributed by atoms with Crippen molar-refractivity contribution in [2.24, 2.45) is 0 Å². The lowest BCUT2D eigenvalue weighted by Crippen LogP contribution is -2.46. The number of nitrogens with one attached hydrogen (secondary N) is 1. The van der Waals surface area contributed by atoms with E-state index in [-0.39, 0.29) is 0 Å². The Labute approximate surface area is 85.4 Å². The van der Waals surface area contributed by atoms with Crippen molar-refractivity contribution < 1.29 is 4.74 Å². The van der Waals surface area contributed by atoms with E-state index in [1.54, 1.807) is 7.11 Å². The summed E-state index contributed by atoms with van der Waals surface area (Å²) in [7, 11) is 3.76. The van der Waals surface area contributed by atoms with Crippen LogP contribution in [0, 0.1) is 0 Å². The highest BCUT2D eigenvalue weighted by atomic mass is 32.1. The fraction of sp³-hybridized carbons (Fsp3) is 0.889. The lowest BCUT2D eigenvalue weighted by Gasteiger charge is -2.36. The van der Waals surface area contributed by atoms with Crippen LogP contribution in [-0.4, -0.2) is 43.4 Å². The molecule has 1 rings (SSSR count). The molecule has 3 nitrogen and oxygen atoms in total. The second-order valence-electron chi connectivity index (χ2n) is 3.42. The van der Waals surface area contributed by atoms with Crippen LogP contribution >= 0.6 is 12.2 Å². The van der Waals surface area contributed by atoms with Gasteiger partial charge in [0.1, 0.15) is 0 Å². The van der Waals surface area contributed by atoms with Gasteiger partial charge in [-0.2, -0.15) is 0 Å². The van der Waals surface area contributed by atoms with Crippen molar-refractivity contribution in [3.05, 3.63) is 0 Å². The number of nitrogens with zero attached hydrogens (tertiary/aromatic N) is 1. The first-order valence-electron chi connectivity index (χ1n) is 4.75. The van der Waals surface area contributed by atoms with Crippen LogP contribution in [0.15, 0.2) is 0 Å². The minimum absolute atomic E-state index is 0.669. The van der Waals surface area contributed by atoms with Crippen LogP contribution in [0.25, 0.3) is 0 Å². The zero-order valence-electron chi connectivity index (χ0n) is 8.38. The van der Waals surface area contributed by atoms with Gasteiger partial charge in [0.15, 0.2) is 5.11 Å². The summed E-state index contributed by atoms with van der Waals surface area (Å²) >= 11 is 5.23. The van der Waals surface area contributed by atoms with Crippen LogP contribution in [0.2, 0.25) is 0 Å². The molecule has 1 saturated carbocycles. The monoisotopic (exact) mass is 202 g/mol. The predicted octanol–water partition coefficient (Wildman–Crippen LogP) is 0.992. The van der Waals surface area contributed by atoms with E-state index >= 15 is 0 Å². The molecule has 0 heterocycles. The smallest absolute Gasteiger partial charge is 0.169 e. The molecule has 0 spiro atoms. The summed E-state index contributed by atoms with van der Waals surface area (Å²) in [6.45, 7) is 1.50. The highest BCUT2D eigenvalue weighted by molar-refractivity contribution is 7.80. The molecule has 0 bridgehead atoms. The van der Waals surface area contributed by atoms with E-state index in [0.29, 0.717) is 12.6 Å². The molecule has 0 aromatic heterocycles. The number of hydrogen-bond acceptors (Lipinski definition) is 2. The minimum Gasteiger partial charge on any atom is -0.383 e. The third kappa shape index (κ3) is 3.12. The van der Waals surface area contributed by atoms with Crippen molar-refractivity contribution in [2.75, 3.05) is 27.3 Å². The summed E-state index contributed by atoms with van der Waals surface area (Å²) in [5.74, 6) is 0. The maximum absolute atomic E-state index is 5.23. The Morgan fingerprint density at radius 3 is 2.77 bits per heavy atom. The predicted molar refractivity (Wildman–Crippen MR) is 57.9 cm³/mol. The number of ether oxygens (including phenoxy) is 1. The molecule has 0 aromatic rings. The first-order chi connectivity index (χ1) is 6.25. The Kier molecular flexibility index (Phi) is 4.45. The largest absolute Gasteiger partial charge is 0.383 e. The highest BCUT2D eigenvalue weighted by Crippen LogP contribution is 2.23. The van der Waals surface area contributed by atoms with Crippen molar-refractivity contribution in [1.29, 1.82) is 0 Å². The molecule has 0 amide bonds. The lowest BCUT2D eigenvalue weighted by molar-refractivity contribution is 0.199. The van der Waals surface area contributed by atoms with Gasteiger partial charge in [0, 0.05) is 26.7 Å². The molecular formula is C9H18N2OS. The molecule has 13 heavy (non-hydrogen) atoms. The standard InChI is InChI=1S/C9H18N2OS/c1-11(8-4-3-5-8)9(13)10-6-7-12-2/h8H,3-7H2,1-2H3,(H,10,13). The fourth-order valence-corrected chi connectivity index (χ4v) is 1.58. The first-order valence-corrected chi connectivity index (χ1v) is 5.16. The lowest BCUT2D eigenvalue weighted by atomic mass is 9.92. The summed E-state index contributed by atoms with van der Waals surface area (Å²) in [5, 5.41) is 4.01. The topological polar surface area (TPSA) is 24.5 Å². The van der Waals surface area contributed by atoms with Crippen LogP contribution in [0.5, 0.6) is 0 Å². The summed E-state index contributed by atoms with van der Waals surface area (Å²) in [6.07, 6.45) is 3.90. The molecule has 0 aliphatic heterocycles. The first kappa shape index (κ1) is 10.7. The Bertz CT molecular complexity index is 171. The van der Waals surface area contributed by atoms with Gasteiger partial charge in [-0.25, -0.2) is 0 Å². The number of hydrogen-bond donors (Lipinski definition) is 1. The van der Waals surface area contributed by atoms with Crippen LogP contribution in [0.3, 0.4) is 0 Å². The van der Waals surface area contributed by atoms with Crippen LogP contribution in [-0.2, 0) is 4.74 Å². The molecule has 1 fully saturated rings. The summed E-state index contributed by atoms with van der Waals surface area (Å²) < 4.78 is 4.93. The zero-order valence-corrected chi connectivity index (χ0v) is 9.19. The van der Waals surface area contributed by atoms with E-state index in [1.165, 1.54) is 19.3 Å². The number of methoxy groups -OCH3 is 1. The molecule has 1 aliphatic rings. The van der Waals surface area contributed by atoms with E-state index in [9.17, 15) is 0 Å². The van der Waals surface area contributed by atoms with Crippen LogP contribution < -0.4 is 5.32 Å². The fourth-order valence-electron chi connectivity index (χ4n) is 1.32. The molecule has 0 saturated heterocycles. The van der Waals surface area contributed by atoms with Gasteiger partial charge in [0.2, 0.25) is 0 Å². The molecule has 76 valence electrons. The average molecular weight is 202 g/mol. The van der Waals surface area contributed by atoms with Gasteiger partial charge in [-0.3, -0.25) is 0 Å². The normalized spacial score (nSPS) is 16.5. The van der Waals surface area contributed by atoms with E-state index in [0.717, 1.165) is 11.7 Å². The summed E-state index contributed by atoms with van der Waals surface area (Å²) in [5.41, 5.74) is 0. The SMILES string of the molecule is COCCNC(=S)N(C)C1CCC1. The van der Waals surface area contributed by atoms with Crippen molar-refractivity contribution in [2.45, 2.75) is 25.3 Å². The highest BCUT2D eigenvalue weighted by Gasteiger charge is 2.23. The average Bonchev–Trinajstić information content (AvgIpc) is 2.01. The molecule has 0 atom stereocenters. The summed E-state index contributed by atoms with van der Waals surface area (Å²) in [6, 6.07) is 0.669. The van der Waals surface area contributed by atoms with E-state index in [1.807, 2.05) is 0 Å². The van der Waals surface area contributed by atoms with Gasteiger partial charge in [0.25, 0.3) is 0 Å². The Morgan fingerprint density at radius 1 is 1.62 bits per heavy atom. The Morgan fingerprint density at radius 2 is 2.31 bits per heavy atom. The third-order valence-corrected chi connectivity index (χ3v) is 2.96. The van der Waals surface area contributed by atoms with Crippen molar-refractivity contribution in [1.82, 2.24) is 10.2 Å². The summed E-state index contributed by atoms with van der Waals surface area (Å²) in [4.78, 5) is 2.16.